The van der Waals surface area contributed by atoms with Gasteiger partial charge < -0.3 is 9.73 Å². The third-order valence-electron chi connectivity index (χ3n) is 3.06. The Hall–Kier alpha value is -1.10. The highest BCUT2D eigenvalue weighted by Gasteiger charge is 2.08. The number of hydrogen-bond donors (Lipinski definition) is 1. The number of carbonyl (C=O) groups excluding carboxylic acids is 1. The molecule has 2 rings (SSSR count). The Labute approximate surface area is 144 Å². The van der Waals surface area contributed by atoms with Crippen LogP contribution in [0.15, 0.2) is 41.0 Å². The molecule has 22 heavy (non-hydrogen) atoms. The second-order valence-electron chi connectivity index (χ2n) is 4.68. The number of thioether (sulfide) groups is 1. The summed E-state index contributed by atoms with van der Waals surface area (Å²) in [7, 11) is 0. The molecule has 0 fully saturated rings. The first kappa shape index (κ1) is 17.3. The minimum absolute atomic E-state index is 0.00888. The van der Waals surface area contributed by atoms with E-state index in [4.69, 9.17) is 27.6 Å². The van der Waals surface area contributed by atoms with Crippen molar-refractivity contribution in [2.75, 3.05) is 12.3 Å². The molecule has 0 spiro atoms. The highest BCUT2D eigenvalue weighted by molar-refractivity contribution is 7.98. The molecule has 0 unspecified atom stereocenters. The summed E-state index contributed by atoms with van der Waals surface area (Å²) >= 11 is 13.9. The highest BCUT2D eigenvalue weighted by Crippen LogP contribution is 2.25. The van der Waals surface area contributed by atoms with Crippen molar-refractivity contribution in [3.8, 4) is 0 Å². The molecular formula is C16H17Cl2NO2S. The second kappa shape index (κ2) is 9.13. The molecule has 0 aliphatic carbocycles. The molecule has 0 aliphatic rings. The van der Waals surface area contributed by atoms with Crippen LogP contribution < -0.4 is 5.32 Å². The van der Waals surface area contributed by atoms with Crippen LogP contribution in [0.5, 0.6) is 0 Å². The lowest BCUT2D eigenvalue weighted by Crippen LogP contribution is -2.26. The first-order valence-electron chi connectivity index (χ1n) is 6.96. The van der Waals surface area contributed by atoms with Crippen molar-refractivity contribution in [2.45, 2.75) is 18.6 Å². The van der Waals surface area contributed by atoms with Crippen LogP contribution in [0.4, 0.5) is 0 Å². The molecule has 0 saturated carbocycles. The molecule has 6 heteroatoms. The lowest BCUT2D eigenvalue weighted by atomic mass is 10.1. The molecule has 0 saturated heterocycles. The number of rotatable bonds is 8. The van der Waals surface area contributed by atoms with Gasteiger partial charge >= 0.3 is 0 Å². The molecule has 1 aromatic heterocycles. The maximum atomic E-state index is 11.8. The third kappa shape index (κ3) is 5.59. The molecule has 0 bridgehead atoms. The van der Waals surface area contributed by atoms with Crippen LogP contribution in [0.2, 0.25) is 10.0 Å². The fraction of sp³-hybridized carbons (Fsp3) is 0.312. The van der Waals surface area contributed by atoms with Gasteiger partial charge in [0.05, 0.1) is 12.0 Å². The molecular weight excluding hydrogens is 341 g/mol. The van der Waals surface area contributed by atoms with Gasteiger partial charge in [0.25, 0.3) is 0 Å². The van der Waals surface area contributed by atoms with Crippen molar-refractivity contribution in [3.05, 3.63) is 58.0 Å². The van der Waals surface area contributed by atoms with E-state index in [9.17, 15) is 4.79 Å². The van der Waals surface area contributed by atoms with Crippen LogP contribution in [-0.2, 0) is 17.0 Å². The number of furan rings is 1. The Morgan fingerprint density at radius 2 is 1.95 bits per heavy atom. The van der Waals surface area contributed by atoms with Gasteiger partial charge in [0.2, 0.25) is 5.91 Å². The van der Waals surface area contributed by atoms with Crippen LogP contribution in [0.1, 0.15) is 17.7 Å². The zero-order valence-electron chi connectivity index (χ0n) is 12.0. The topological polar surface area (TPSA) is 42.2 Å². The predicted octanol–water partition coefficient (Wildman–Crippen LogP) is 4.57. The molecule has 1 aromatic carbocycles. The van der Waals surface area contributed by atoms with E-state index in [1.165, 1.54) is 0 Å². The molecule has 1 N–H and O–H groups in total. The largest absolute Gasteiger partial charge is 0.468 e. The van der Waals surface area contributed by atoms with E-state index in [2.05, 4.69) is 5.32 Å². The fourth-order valence-electron chi connectivity index (χ4n) is 1.93. The minimum Gasteiger partial charge on any atom is -0.468 e. The van der Waals surface area contributed by atoms with E-state index in [1.54, 1.807) is 36.2 Å². The van der Waals surface area contributed by atoms with E-state index in [1.807, 2.05) is 12.1 Å². The van der Waals surface area contributed by atoms with E-state index in [0.717, 1.165) is 22.8 Å². The van der Waals surface area contributed by atoms with Crippen LogP contribution in [-0.4, -0.2) is 18.2 Å². The lowest BCUT2D eigenvalue weighted by molar-refractivity contribution is -0.120. The minimum atomic E-state index is 0.00888. The summed E-state index contributed by atoms with van der Waals surface area (Å²) in [5.74, 6) is 2.62. The number of carbonyl (C=O) groups is 1. The van der Waals surface area contributed by atoms with E-state index in [-0.39, 0.29) is 5.91 Å². The molecule has 0 atom stereocenters. The Morgan fingerprint density at radius 3 is 2.64 bits per heavy atom. The monoisotopic (exact) mass is 357 g/mol. The standard InChI is InChI=1S/C16H17Cl2NO2S/c17-14-4-1-5-15(18)13(14)6-7-16(20)19-8-10-22-11-12-3-2-9-21-12/h1-5,9H,6-8,10-11H2,(H,19,20). The number of nitrogens with one attached hydrogen (secondary N) is 1. The molecule has 118 valence electrons. The fourth-order valence-corrected chi connectivity index (χ4v) is 3.27. The van der Waals surface area contributed by atoms with Gasteiger partial charge in [-0.1, -0.05) is 29.3 Å². The van der Waals surface area contributed by atoms with Gasteiger partial charge in [-0.2, -0.15) is 11.8 Å². The summed E-state index contributed by atoms with van der Waals surface area (Å²) in [6.07, 6.45) is 2.59. The smallest absolute Gasteiger partial charge is 0.220 e. The summed E-state index contributed by atoms with van der Waals surface area (Å²) in [4.78, 5) is 11.8. The van der Waals surface area contributed by atoms with E-state index < -0.39 is 0 Å². The van der Waals surface area contributed by atoms with Crippen molar-refractivity contribution in [1.82, 2.24) is 5.32 Å². The SMILES string of the molecule is O=C(CCc1c(Cl)cccc1Cl)NCCSCc1ccco1. The summed E-state index contributed by atoms with van der Waals surface area (Å²) in [5, 5.41) is 4.11. The number of benzene rings is 1. The first-order valence-corrected chi connectivity index (χ1v) is 8.87. The Morgan fingerprint density at radius 1 is 1.18 bits per heavy atom. The molecule has 1 amide bonds. The first-order chi connectivity index (χ1) is 10.7. The third-order valence-corrected chi connectivity index (χ3v) is 4.75. The molecule has 0 aliphatic heterocycles. The zero-order chi connectivity index (χ0) is 15.8. The van der Waals surface area contributed by atoms with Gasteiger partial charge in [0, 0.05) is 28.8 Å². The van der Waals surface area contributed by atoms with Crippen LogP contribution in [0, 0.1) is 0 Å². The summed E-state index contributed by atoms with van der Waals surface area (Å²) in [5.41, 5.74) is 0.827. The van der Waals surface area contributed by atoms with Gasteiger partial charge in [-0.3, -0.25) is 4.79 Å². The molecule has 2 aromatic rings. The normalized spacial score (nSPS) is 10.6. The van der Waals surface area contributed by atoms with Crippen molar-refractivity contribution in [1.29, 1.82) is 0 Å². The Kier molecular flexibility index (Phi) is 7.16. The van der Waals surface area contributed by atoms with Gasteiger partial charge in [0.15, 0.2) is 0 Å². The molecule has 0 radical (unpaired) electrons. The maximum absolute atomic E-state index is 11.8. The maximum Gasteiger partial charge on any atom is 0.220 e. The van der Waals surface area contributed by atoms with Crippen LogP contribution in [0.3, 0.4) is 0 Å². The number of amides is 1. The average molecular weight is 358 g/mol. The molecule has 1 heterocycles. The van der Waals surface area contributed by atoms with Gasteiger partial charge in [-0.05, 0) is 36.2 Å². The second-order valence-corrected chi connectivity index (χ2v) is 6.60. The summed E-state index contributed by atoms with van der Waals surface area (Å²) in [6.45, 7) is 0.639. The van der Waals surface area contributed by atoms with Crippen molar-refractivity contribution >= 4 is 40.9 Å². The zero-order valence-corrected chi connectivity index (χ0v) is 14.3. The van der Waals surface area contributed by atoms with Crippen LogP contribution in [0.25, 0.3) is 0 Å². The molecule has 3 nitrogen and oxygen atoms in total. The quantitative estimate of drug-likeness (QED) is 0.703. The van der Waals surface area contributed by atoms with Crippen molar-refractivity contribution < 1.29 is 9.21 Å². The highest BCUT2D eigenvalue weighted by atomic mass is 35.5. The van der Waals surface area contributed by atoms with Crippen molar-refractivity contribution in [3.63, 3.8) is 0 Å². The van der Waals surface area contributed by atoms with Gasteiger partial charge in [0.1, 0.15) is 5.76 Å². The Bertz CT molecular complexity index is 582. The number of hydrogen-bond acceptors (Lipinski definition) is 3. The van der Waals surface area contributed by atoms with Crippen LogP contribution >= 0.6 is 35.0 Å². The van der Waals surface area contributed by atoms with E-state index in [0.29, 0.717) is 29.4 Å². The van der Waals surface area contributed by atoms with Gasteiger partial charge in [-0.15, -0.1) is 0 Å². The Balaban J connectivity index is 1.62. The summed E-state index contributed by atoms with van der Waals surface area (Å²) < 4.78 is 5.24. The predicted molar refractivity (Wildman–Crippen MR) is 92.7 cm³/mol. The van der Waals surface area contributed by atoms with Crippen molar-refractivity contribution in [2.24, 2.45) is 0 Å². The lowest BCUT2D eigenvalue weighted by Gasteiger charge is -2.07. The average Bonchev–Trinajstić information content (AvgIpc) is 2.99. The van der Waals surface area contributed by atoms with Gasteiger partial charge in [-0.25, -0.2) is 0 Å². The summed E-state index contributed by atoms with van der Waals surface area (Å²) in [6, 6.07) is 9.18. The van der Waals surface area contributed by atoms with E-state index >= 15 is 0 Å². The number of halogens is 2.